The van der Waals surface area contributed by atoms with Crippen molar-refractivity contribution in [3.8, 4) is 17.6 Å². The fraction of sp³-hybridized carbons (Fsp3) is 0.400. The van der Waals surface area contributed by atoms with Crippen molar-refractivity contribution in [1.82, 2.24) is 4.98 Å². The highest BCUT2D eigenvalue weighted by Crippen LogP contribution is 2.29. The van der Waals surface area contributed by atoms with Crippen LogP contribution in [0.4, 0.5) is 5.88 Å². The fourth-order valence-electron chi connectivity index (χ4n) is 3.15. The Bertz CT molecular complexity index is 859. The standard InChI is InChI=1S/C20H23N3O4/c1-13-11-23(12-14(2)26-13)20-16(10-21)22-19(27-20)8-6-15-5-7-17(24-3)18(9-15)25-4/h5-9,13-14H,11-12H2,1-4H3/b8-6+/t13-,14+. The lowest BCUT2D eigenvalue weighted by atomic mass is 10.2. The number of rotatable bonds is 5. The number of anilines is 1. The van der Waals surface area contributed by atoms with Crippen molar-refractivity contribution < 1.29 is 18.6 Å². The summed E-state index contributed by atoms with van der Waals surface area (Å²) in [7, 11) is 3.19. The molecule has 0 unspecified atom stereocenters. The van der Waals surface area contributed by atoms with Crippen molar-refractivity contribution in [3.05, 3.63) is 35.3 Å². The van der Waals surface area contributed by atoms with Crippen LogP contribution in [-0.2, 0) is 4.74 Å². The van der Waals surface area contributed by atoms with Gasteiger partial charge >= 0.3 is 0 Å². The number of aromatic nitrogens is 1. The van der Waals surface area contributed by atoms with Gasteiger partial charge in [-0.05, 0) is 37.6 Å². The van der Waals surface area contributed by atoms with Gasteiger partial charge in [-0.1, -0.05) is 6.07 Å². The van der Waals surface area contributed by atoms with Crippen LogP contribution in [0.15, 0.2) is 22.6 Å². The summed E-state index contributed by atoms with van der Waals surface area (Å²) in [6.07, 6.45) is 3.72. The van der Waals surface area contributed by atoms with Gasteiger partial charge in [0.2, 0.25) is 17.5 Å². The van der Waals surface area contributed by atoms with Crippen molar-refractivity contribution in [1.29, 1.82) is 5.26 Å². The number of oxazole rings is 1. The van der Waals surface area contributed by atoms with Gasteiger partial charge in [-0.15, -0.1) is 0 Å². The van der Waals surface area contributed by atoms with Gasteiger partial charge in [0.15, 0.2) is 11.5 Å². The molecule has 2 atom stereocenters. The van der Waals surface area contributed by atoms with Gasteiger partial charge in [-0.3, -0.25) is 0 Å². The van der Waals surface area contributed by atoms with E-state index in [-0.39, 0.29) is 17.9 Å². The van der Waals surface area contributed by atoms with E-state index in [1.807, 2.05) is 43.0 Å². The molecule has 1 aromatic carbocycles. The molecule has 1 aromatic heterocycles. The minimum Gasteiger partial charge on any atom is -0.493 e. The molecule has 0 bridgehead atoms. The van der Waals surface area contributed by atoms with Crippen molar-refractivity contribution >= 4 is 18.0 Å². The highest BCUT2D eigenvalue weighted by Gasteiger charge is 2.27. The molecule has 1 aliphatic heterocycles. The topological polar surface area (TPSA) is 80.8 Å². The van der Waals surface area contributed by atoms with E-state index in [1.165, 1.54) is 0 Å². The quantitative estimate of drug-likeness (QED) is 0.799. The van der Waals surface area contributed by atoms with Gasteiger partial charge in [-0.2, -0.15) is 10.2 Å². The highest BCUT2D eigenvalue weighted by atomic mass is 16.5. The number of hydrogen-bond donors (Lipinski definition) is 0. The molecule has 1 fully saturated rings. The Kier molecular flexibility index (Phi) is 5.67. The summed E-state index contributed by atoms with van der Waals surface area (Å²) in [5.41, 5.74) is 1.18. The smallest absolute Gasteiger partial charge is 0.235 e. The molecule has 27 heavy (non-hydrogen) atoms. The Morgan fingerprint density at radius 2 is 1.85 bits per heavy atom. The molecular formula is C20H23N3O4. The van der Waals surface area contributed by atoms with Gasteiger partial charge in [0.05, 0.1) is 26.4 Å². The second-order valence-electron chi connectivity index (χ2n) is 6.43. The van der Waals surface area contributed by atoms with E-state index >= 15 is 0 Å². The zero-order chi connectivity index (χ0) is 19.4. The molecule has 1 aliphatic rings. The molecule has 7 nitrogen and oxygen atoms in total. The summed E-state index contributed by atoms with van der Waals surface area (Å²) < 4.78 is 22.2. The molecule has 0 saturated carbocycles. The maximum Gasteiger partial charge on any atom is 0.235 e. The Morgan fingerprint density at radius 1 is 1.15 bits per heavy atom. The zero-order valence-electron chi connectivity index (χ0n) is 15.9. The van der Waals surface area contributed by atoms with Crippen LogP contribution in [0.3, 0.4) is 0 Å². The Morgan fingerprint density at radius 3 is 2.48 bits per heavy atom. The molecule has 7 heteroatoms. The van der Waals surface area contributed by atoms with E-state index in [2.05, 4.69) is 11.1 Å². The number of methoxy groups -OCH3 is 2. The van der Waals surface area contributed by atoms with Gasteiger partial charge in [0, 0.05) is 19.2 Å². The predicted octanol–water partition coefficient (Wildman–Crippen LogP) is 3.35. The van der Waals surface area contributed by atoms with Gasteiger partial charge in [0.25, 0.3) is 0 Å². The SMILES string of the molecule is COc1ccc(/C=C/c2nc(C#N)c(N3C[C@@H](C)O[C@@H](C)C3)o2)cc1OC. The van der Waals surface area contributed by atoms with Crippen molar-refractivity contribution in [2.24, 2.45) is 0 Å². The van der Waals surface area contributed by atoms with Gasteiger partial charge in [0.1, 0.15) is 6.07 Å². The van der Waals surface area contributed by atoms with E-state index in [1.54, 1.807) is 20.3 Å². The third kappa shape index (κ3) is 4.23. The molecule has 2 aromatic rings. The van der Waals surface area contributed by atoms with Crippen molar-refractivity contribution in [2.45, 2.75) is 26.1 Å². The minimum atomic E-state index is 0.0659. The third-order valence-electron chi connectivity index (χ3n) is 4.26. The van der Waals surface area contributed by atoms with Crippen LogP contribution in [0.25, 0.3) is 12.2 Å². The van der Waals surface area contributed by atoms with Crippen LogP contribution in [0.2, 0.25) is 0 Å². The molecule has 0 N–H and O–H groups in total. The lowest BCUT2D eigenvalue weighted by Crippen LogP contribution is -2.45. The van der Waals surface area contributed by atoms with Crippen LogP contribution in [-0.4, -0.2) is 44.5 Å². The lowest BCUT2D eigenvalue weighted by Gasteiger charge is -2.34. The van der Waals surface area contributed by atoms with Crippen LogP contribution >= 0.6 is 0 Å². The predicted molar refractivity (Wildman–Crippen MR) is 102 cm³/mol. The minimum absolute atomic E-state index is 0.0659. The lowest BCUT2D eigenvalue weighted by molar-refractivity contribution is -0.00642. The molecule has 2 heterocycles. The first-order chi connectivity index (χ1) is 13.0. The average Bonchev–Trinajstić information content (AvgIpc) is 3.08. The first-order valence-electron chi connectivity index (χ1n) is 8.75. The first kappa shape index (κ1) is 18.8. The van der Waals surface area contributed by atoms with E-state index in [9.17, 15) is 5.26 Å². The second-order valence-corrected chi connectivity index (χ2v) is 6.43. The first-order valence-corrected chi connectivity index (χ1v) is 8.75. The number of morpholine rings is 1. The highest BCUT2D eigenvalue weighted by molar-refractivity contribution is 5.69. The normalized spacial score (nSPS) is 19.9. The fourth-order valence-corrected chi connectivity index (χ4v) is 3.15. The summed E-state index contributed by atoms with van der Waals surface area (Å²) in [5.74, 6) is 2.17. The molecule has 142 valence electrons. The van der Waals surface area contributed by atoms with Crippen LogP contribution < -0.4 is 14.4 Å². The third-order valence-corrected chi connectivity index (χ3v) is 4.26. The van der Waals surface area contributed by atoms with E-state index in [4.69, 9.17) is 18.6 Å². The van der Waals surface area contributed by atoms with E-state index in [0.717, 1.165) is 5.56 Å². The summed E-state index contributed by atoms with van der Waals surface area (Å²) in [5, 5.41) is 9.42. The van der Waals surface area contributed by atoms with E-state index in [0.29, 0.717) is 36.4 Å². The Labute approximate surface area is 158 Å². The van der Waals surface area contributed by atoms with Crippen LogP contribution in [0.1, 0.15) is 31.0 Å². The molecule has 0 spiro atoms. The summed E-state index contributed by atoms with van der Waals surface area (Å²) in [6, 6.07) is 7.70. The number of nitriles is 1. The number of hydrogen-bond acceptors (Lipinski definition) is 7. The molecule has 3 rings (SSSR count). The summed E-state index contributed by atoms with van der Waals surface area (Å²) in [4.78, 5) is 6.30. The summed E-state index contributed by atoms with van der Waals surface area (Å²) >= 11 is 0. The molecule has 0 radical (unpaired) electrons. The Hall–Kier alpha value is -2.98. The number of benzene rings is 1. The van der Waals surface area contributed by atoms with Crippen LogP contribution in [0.5, 0.6) is 11.5 Å². The monoisotopic (exact) mass is 369 g/mol. The van der Waals surface area contributed by atoms with Crippen LogP contribution in [0, 0.1) is 11.3 Å². The maximum absolute atomic E-state index is 9.42. The average molecular weight is 369 g/mol. The number of ether oxygens (including phenoxy) is 3. The number of nitrogens with zero attached hydrogens (tertiary/aromatic N) is 3. The maximum atomic E-state index is 9.42. The zero-order valence-corrected chi connectivity index (χ0v) is 15.9. The van der Waals surface area contributed by atoms with Crippen molar-refractivity contribution in [3.63, 3.8) is 0 Å². The molecule has 1 saturated heterocycles. The van der Waals surface area contributed by atoms with Crippen molar-refractivity contribution in [2.75, 3.05) is 32.2 Å². The largest absolute Gasteiger partial charge is 0.493 e. The molecule has 0 amide bonds. The molecule has 0 aliphatic carbocycles. The second kappa shape index (κ2) is 8.14. The molecular weight excluding hydrogens is 346 g/mol. The summed E-state index contributed by atoms with van der Waals surface area (Å²) in [6.45, 7) is 5.33. The van der Waals surface area contributed by atoms with Gasteiger partial charge < -0.3 is 23.5 Å². The van der Waals surface area contributed by atoms with E-state index < -0.39 is 0 Å². The Balaban J connectivity index is 1.83. The van der Waals surface area contributed by atoms with Gasteiger partial charge in [-0.25, -0.2) is 0 Å².